The van der Waals surface area contributed by atoms with Gasteiger partial charge >= 0.3 is 0 Å². The second-order valence-electron chi connectivity index (χ2n) is 5.30. The second kappa shape index (κ2) is 11.1. The second-order valence-corrected chi connectivity index (χ2v) is 6.29. The van der Waals surface area contributed by atoms with Crippen molar-refractivity contribution in [2.24, 2.45) is 0 Å². The molecule has 0 spiro atoms. The molecular formula is C14H31N3S. The molecule has 0 saturated carbocycles. The summed E-state index contributed by atoms with van der Waals surface area (Å²) in [5.41, 5.74) is 0. The molecule has 0 unspecified atom stereocenters. The van der Waals surface area contributed by atoms with E-state index >= 15 is 0 Å². The van der Waals surface area contributed by atoms with Crippen LogP contribution in [-0.2, 0) is 0 Å². The first-order valence-corrected chi connectivity index (χ1v) is 8.83. The lowest BCUT2D eigenvalue weighted by Gasteiger charge is -2.32. The van der Waals surface area contributed by atoms with Crippen LogP contribution in [0.5, 0.6) is 0 Å². The van der Waals surface area contributed by atoms with E-state index in [0.29, 0.717) is 0 Å². The average Bonchev–Trinajstić information content (AvgIpc) is 2.39. The number of rotatable bonds is 10. The molecule has 4 heteroatoms. The van der Waals surface area contributed by atoms with Crippen molar-refractivity contribution in [3.63, 3.8) is 0 Å². The van der Waals surface area contributed by atoms with Crippen LogP contribution in [0.2, 0.25) is 0 Å². The molecule has 1 N–H and O–H groups in total. The molecule has 3 nitrogen and oxygen atoms in total. The monoisotopic (exact) mass is 273 g/mol. The van der Waals surface area contributed by atoms with Crippen LogP contribution < -0.4 is 5.32 Å². The van der Waals surface area contributed by atoms with Gasteiger partial charge in [-0.15, -0.1) is 0 Å². The Morgan fingerprint density at radius 2 is 1.67 bits per heavy atom. The summed E-state index contributed by atoms with van der Waals surface area (Å²) in [5.74, 6) is 1.33. The first-order chi connectivity index (χ1) is 8.83. The third kappa shape index (κ3) is 8.35. The lowest BCUT2D eigenvalue weighted by Crippen LogP contribution is -2.46. The van der Waals surface area contributed by atoms with Crippen molar-refractivity contribution < 1.29 is 0 Å². The van der Waals surface area contributed by atoms with Gasteiger partial charge in [-0.3, -0.25) is 4.90 Å². The van der Waals surface area contributed by atoms with Gasteiger partial charge in [0.05, 0.1) is 0 Å². The molecule has 0 aliphatic carbocycles. The van der Waals surface area contributed by atoms with Gasteiger partial charge in [0.15, 0.2) is 0 Å². The Balaban J connectivity index is 1.78. The number of nitrogens with one attached hydrogen (secondary N) is 1. The average molecular weight is 273 g/mol. The molecule has 1 aliphatic heterocycles. The van der Waals surface area contributed by atoms with Crippen LogP contribution in [0.4, 0.5) is 0 Å². The van der Waals surface area contributed by atoms with E-state index in [-0.39, 0.29) is 0 Å². The molecule has 1 heterocycles. The molecule has 1 aliphatic rings. The predicted molar refractivity (Wildman–Crippen MR) is 83.7 cm³/mol. The fourth-order valence-electron chi connectivity index (χ4n) is 2.28. The molecule has 0 aromatic carbocycles. The van der Waals surface area contributed by atoms with Crippen LogP contribution >= 0.6 is 11.8 Å². The minimum atomic E-state index is 1.16. The molecule has 1 fully saturated rings. The lowest BCUT2D eigenvalue weighted by atomic mass is 10.2. The van der Waals surface area contributed by atoms with E-state index in [2.05, 4.69) is 28.4 Å². The van der Waals surface area contributed by atoms with Crippen molar-refractivity contribution in [2.75, 3.05) is 64.9 Å². The summed E-state index contributed by atoms with van der Waals surface area (Å²) in [4.78, 5) is 4.99. The van der Waals surface area contributed by atoms with Gasteiger partial charge in [-0.25, -0.2) is 0 Å². The van der Waals surface area contributed by atoms with Gasteiger partial charge < -0.3 is 10.2 Å². The summed E-state index contributed by atoms with van der Waals surface area (Å²) >= 11 is 1.96. The van der Waals surface area contributed by atoms with Crippen molar-refractivity contribution in [1.82, 2.24) is 15.1 Å². The highest BCUT2D eigenvalue weighted by Crippen LogP contribution is 2.03. The molecule has 1 rings (SSSR count). The van der Waals surface area contributed by atoms with Crippen LogP contribution in [0.1, 0.15) is 25.7 Å². The van der Waals surface area contributed by atoms with E-state index in [1.165, 1.54) is 70.7 Å². The van der Waals surface area contributed by atoms with E-state index in [1.807, 2.05) is 11.8 Å². The summed E-state index contributed by atoms with van der Waals surface area (Å²) in [7, 11) is 2.21. The zero-order valence-corrected chi connectivity index (χ0v) is 13.1. The number of hydrogen-bond donors (Lipinski definition) is 1. The van der Waals surface area contributed by atoms with Gasteiger partial charge in [0, 0.05) is 39.3 Å². The number of likely N-dealkylation sites (N-methyl/N-ethyl adjacent to an activating group) is 1. The zero-order chi connectivity index (χ0) is 13.1. The normalized spacial score (nSPS) is 18.3. The number of piperazine rings is 1. The Kier molecular flexibility index (Phi) is 10.0. The van der Waals surface area contributed by atoms with E-state index in [1.54, 1.807) is 0 Å². The fourth-order valence-corrected chi connectivity index (χ4v) is 2.78. The van der Waals surface area contributed by atoms with Gasteiger partial charge in [0.2, 0.25) is 0 Å². The van der Waals surface area contributed by atoms with Crippen LogP contribution in [0.15, 0.2) is 0 Å². The van der Waals surface area contributed by atoms with Crippen LogP contribution in [0.3, 0.4) is 0 Å². The minimum absolute atomic E-state index is 1.16. The maximum absolute atomic E-state index is 3.57. The van der Waals surface area contributed by atoms with E-state index < -0.39 is 0 Å². The molecule has 108 valence electrons. The van der Waals surface area contributed by atoms with Crippen molar-refractivity contribution in [3.05, 3.63) is 0 Å². The first-order valence-electron chi connectivity index (χ1n) is 7.43. The SMILES string of the molecule is CSCCCCCCNCCN1CCN(C)CC1. The van der Waals surface area contributed by atoms with Crippen molar-refractivity contribution in [3.8, 4) is 0 Å². The Hall–Kier alpha value is 0.230. The summed E-state index contributed by atoms with van der Waals surface area (Å²) < 4.78 is 0. The van der Waals surface area contributed by atoms with E-state index in [0.717, 1.165) is 6.54 Å². The zero-order valence-electron chi connectivity index (χ0n) is 12.3. The van der Waals surface area contributed by atoms with Crippen molar-refractivity contribution in [2.45, 2.75) is 25.7 Å². The summed E-state index contributed by atoms with van der Waals surface area (Å²) in [5, 5.41) is 3.57. The highest BCUT2D eigenvalue weighted by atomic mass is 32.2. The molecule has 0 amide bonds. The quantitative estimate of drug-likeness (QED) is 0.611. The highest BCUT2D eigenvalue weighted by molar-refractivity contribution is 7.98. The lowest BCUT2D eigenvalue weighted by molar-refractivity contribution is 0.155. The maximum atomic E-state index is 3.57. The fraction of sp³-hybridized carbons (Fsp3) is 1.00. The number of thioether (sulfide) groups is 1. The number of hydrogen-bond acceptors (Lipinski definition) is 4. The molecule has 0 aromatic rings. The van der Waals surface area contributed by atoms with Gasteiger partial charge in [-0.1, -0.05) is 12.8 Å². The van der Waals surface area contributed by atoms with Gasteiger partial charge in [-0.05, 0) is 38.4 Å². The first kappa shape index (κ1) is 16.3. The van der Waals surface area contributed by atoms with Gasteiger partial charge in [0.25, 0.3) is 0 Å². The van der Waals surface area contributed by atoms with Crippen molar-refractivity contribution in [1.29, 1.82) is 0 Å². The Labute approximate surface area is 118 Å². The largest absolute Gasteiger partial charge is 0.315 e. The Bertz CT molecular complexity index is 182. The standard InChI is InChI=1S/C14H31N3S/c1-16-10-12-17(13-11-16)9-8-15-7-5-3-4-6-14-18-2/h15H,3-14H2,1-2H3. The Morgan fingerprint density at radius 3 is 2.39 bits per heavy atom. The summed E-state index contributed by atoms with van der Waals surface area (Å²) in [6.07, 6.45) is 7.72. The van der Waals surface area contributed by atoms with E-state index in [4.69, 9.17) is 0 Å². The number of unbranched alkanes of at least 4 members (excludes halogenated alkanes) is 3. The predicted octanol–water partition coefficient (Wildman–Crippen LogP) is 1.75. The number of nitrogens with zero attached hydrogens (tertiary/aromatic N) is 2. The topological polar surface area (TPSA) is 18.5 Å². The van der Waals surface area contributed by atoms with E-state index in [9.17, 15) is 0 Å². The van der Waals surface area contributed by atoms with Gasteiger partial charge in [0.1, 0.15) is 0 Å². The maximum Gasteiger partial charge on any atom is 0.0110 e. The molecule has 0 atom stereocenters. The summed E-state index contributed by atoms with van der Waals surface area (Å²) in [6.45, 7) is 8.53. The molecular weight excluding hydrogens is 242 g/mol. The summed E-state index contributed by atoms with van der Waals surface area (Å²) in [6, 6.07) is 0. The van der Waals surface area contributed by atoms with Crippen LogP contribution in [-0.4, -0.2) is 74.7 Å². The smallest absolute Gasteiger partial charge is 0.0110 e. The third-order valence-corrected chi connectivity index (χ3v) is 4.35. The molecule has 0 aromatic heterocycles. The highest BCUT2D eigenvalue weighted by Gasteiger charge is 2.12. The molecule has 18 heavy (non-hydrogen) atoms. The van der Waals surface area contributed by atoms with Crippen LogP contribution in [0.25, 0.3) is 0 Å². The molecule has 0 radical (unpaired) electrons. The van der Waals surface area contributed by atoms with Crippen LogP contribution in [0, 0.1) is 0 Å². The third-order valence-electron chi connectivity index (χ3n) is 3.65. The van der Waals surface area contributed by atoms with Crippen molar-refractivity contribution >= 4 is 11.8 Å². The molecule has 0 bridgehead atoms. The van der Waals surface area contributed by atoms with Gasteiger partial charge in [-0.2, -0.15) is 11.8 Å². The molecule has 1 saturated heterocycles. The minimum Gasteiger partial charge on any atom is -0.315 e. The Morgan fingerprint density at radius 1 is 0.944 bits per heavy atom.